The molecule has 1 aromatic carbocycles. The van der Waals surface area contributed by atoms with Crippen LogP contribution in [0.2, 0.25) is 0 Å². The normalized spacial score (nSPS) is 15.2. The van der Waals surface area contributed by atoms with E-state index in [4.69, 9.17) is 9.47 Å². The molecule has 1 saturated heterocycles. The molecule has 0 saturated carbocycles. The molecule has 23 heavy (non-hydrogen) atoms. The first-order valence-electron chi connectivity index (χ1n) is 7.79. The van der Waals surface area contributed by atoms with Gasteiger partial charge in [0, 0.05) is 18.8 Å². The number of hydrogen-bond donors (Lipinski definition) is 1. The average Bonchev–Trinajstić information content (AvgIpc) is 2.97. The second-order valence-corrected chi connectivity index (χ2v) is 6.90. The number of amides is 1. The molecule has 1 aliphatic rings. The van der Waals surface area contributed by atoms with Crippen molar-refractivity contribution in [3.8, 4) is 0 Å². The van der Waals surface area contributed by atoms with Crippen LogP contribution in [0.1, 0.15) is 13.8 Å². The lowest BCUT2D eigenvalue weighted by Crippen LogP contribution is -2.36. The Labute approximate surface area is 139 Å². The quantitative estimate of drug-likeness (QED) is 0.928. The van der Waals surface area contributed by atoms with Crippen molar-refractivity contribution >= 4 is 38.5 Å². The largest absolute Gasteiger partial charge is 0.449 e. The minimum Gasteiger partial charge on any atom is -0.449 e. The van der Waals surface area contributed by atoms with Crippen LogP contribution in [0.15, 0.2) is 18.2 Å². The summed E-state index contributed by atoms with van der Waals surface area (Å²) < 4.78 is 11.6. The molecule has 124 valence electrons. The Balaban J connectivity index is 1.70. The van der Waals surface area contributed by atoms with Gasteiger partial charge in [-0.25, -0.2) is 9.78 Å². The number of hydrogen-bond acceptors (Lipinski definition) is 6. The lowest BCUT2D eigenvalue weighted by molar-refractivity contribution is 0.122. The van der Waals surface area contributed by atoms with Crippen LogP contribution in [0.5, 0.6) is 0 Å². The molecule has 1 fully saturated rings. The maximum atomic E-state index is 11.7. The Morgan fingerprint density at radius 3 is 2.96 bits per heavy atom. The van der Waals surface area contributed by atoms with E-state index in [1.807, 2.05) is 32.0 Å². The minimum absolute atomic E-state index is 0.320. The van der Waals surface area contributed by atoms with E-state index in [0.29, 0.717) is 12.5 Å². The third-order valence-corrected chi connectivity index (χ3v) is 4.53. The standard InChI is InChI=1S/C16H21N3O3S/c1-11(2)10-22-16(20)17-12-3-4-13-14(9-12)23-15(18-13)19-5-7-21-8-6-19/h3-4,9,11H,5-8,10H2,1-2H3,(H,17,20). The van der Waals surface area contributed by atoms with E-state index < -0.39 is 6.09 Å². The van der Waals surface area contributed by atoms with Crippen molar-refractivity contribution in [2.24, 2.45) is 5.92 Å². The number of thiazole rings is 1. The van der Waals surface area contributed by atoms with Crippen LogP contribution in [0, 0.1) is 5.92 Å². The third-order valence-electron chi connectivity index (χ3n) is 3.45. The molecule has 0 spiro atoms. The fraction of sp³-hybridized carbons (Fsp3) is 0.500. The lowest BCUT2D eigenvalue weighted by Gasteiger charge is -2.25. The summed E-state index contributed by atoms with van der Waals surface area (Å²) >= 11 is 1.63. The number of rotatable bonds is 4. The predicted octanol–water partition coefficient (Wildman–Crippen LogP) is 3.34. The monoisotopic (exact) mass is 335 g/mol. The number of carbonyl (C=O) groups excluding carboxylic acids is 1. The van der Waals surface area contributed by atoms with Crippen molar-refractivity contribution in [2.45, 2.75) is 13.8 Å². The molecule has 7 heteroatoms. The number of nitrogens with one attached hydrogen (secondary N) is 1. The summed E-state index contributed by atoms with van der Waals surface area (Å²) in [4.78, 5) is 18.6. The highest BCUT2D eigenvalue weighted by Gasteiger charge is 2.15. The maximum absolute atomic E-state index is 11.7. The maximum Gasteiger partial charge on any atom is 0.411 e. The molecule has 0 unspecified atom stereocenters. The highest BCUT2D eigenvalue weighted by molar-refractivity contribution is 7.22. The molecule has 0 aliphatic carbocycles. The third kappa shape index (κ3) is 4.11. The second kappa shape index (κ2) is 7.14. The van der Waals surface area contributed by atoms with Gasteiger partial charge in [-0.05, 0) is 24.1 Å². The van der Waals surface area contributed by atoms with Gasteiger partial charge in [-0.1, -0.05) is 25.2 Å². The molecule has 1 aliphatic heterocycles. The van der Waals surface area contributed by atoms with E-state index in [-0.39, 0.29) is 0 Å². The molecule has 3 rings (SSSR count). The zero-order valence-corrected chi connectivity index (χ0v) is 14.2. The Hall–Kier alpha value is -1.86. The van der Waals surface area contributed by atoms with Crippen LogP contribution in [-0.4, -0.2) is 44.0 Å². The van der Waals surface area contributed by atoms with Crippen molar-refractivity contribution in [3.63, 3.8) is 0 Å². The predicted molar refractivity (Wildman–Crippen MR) is 92.5 cm³/mol. The molecule has 0 radical (unpaired) electrons. The number of benzene rings is 1. The van der Waals surface area contributed by atoms with Crippen molar-refractivity contribution in [1.29, 1.82) is 0 Å². The van der Waals surface area contributed by atoms with Gasteiger partial charge < -0.3 is 14.4 Å². The van der Waals surface area contributed by atoms with Gasteiger partial charge in [-0.2, -0.15) is 0 Å². The van der Waals surface area contributed by atoms with Crippen molar-refractivity contribution in [2.75, 3.05) is 43.1 Å². The van der Waals surface area contributed by atoms with Gasteiger partial charge in [-0.15, -0.1) is 0 Å². The molecule has 1 N–H and O–H groups in total. The number of anilines is 2. The van der Waals surface area contributed by atoms with E-state index in [2.05, 4.69) is 15.2 Å². The van der Waals surface area contributed by atoms with Crippen molar-refractivity contribution in [3.05, 3.63) is 18.2 Å². The van der Waals surface area contributed by atoms with E-state index in [1.54, 1.807) is 11.3 Å². The van der Waals surface area contributed by atoms with Gasteiger partial charge in [0.25, 0.3) is 0 Å². The van der Waals surface area contributed by atoms with Crippen LogP contribution in [0.3, 0.4) is 0 Å². The van der Waals surface area contributed by atoms with Gasteiger partial charge in [0.2, 0.25) is 0 Å². The van der Waals surface area contributed by atoms with Crippen LogP contribution < -0.4 is 10.2 Å². The SMILES string of the molecule is CC(C)COC(=O)Nc1ccc2nc(N3CCOCC3)sc2c1. The summed E-state index contributed by atoms with van der Waals surface area (Å²) in [5.74, 6) is 0.320. The summed E-state index contributed by atoms with van der Waals surface area (Å²) in [6.45, 7) is 7.64. The second-order valence-electron chi connectivity index (χ2n) is 5.90. The van der Waals surface area contributed by atoms with Crippen LogP contribution in [-0.2, 0) is 9.47 Å². The highest BCUT2D eigenvalue weighted by atomic mass is 32.1. The lowest BCUT2D eigenvalue weighted by atomic mass is 10.2. The summed E-state index contributed by atoms with van der Waals surface area (Å²) in [6.07, 6.45) is -0.420. The molecule has 2 aromatic rings. The van der Waals surface area contributed by atoms with Crippen LogP contribution in [0.4, 0.5) is 15.6 Å². The van der Waals surface area contributed by atoms with Crippen molar-refractivity contribution in [1.82, 2.24) is 4.98 Å². The van der Waals surface area contributed by atoms with Gasteiger partial charge in [0.05, 0.1) is 30.0 Å². The number of carbonyl (C=O) groups is 1. The van der Waals surface area contributed by atoms with E-state index >= 15 is 0 Å². The van der Waals surface area contributed by atoms with E-state index in [9.17, 15) is 4.79 Å². The average molecular weight is 335 g/mol. The minimum atomic E-state index is -0.420. The first-order valence-corrected chi connectivity index (χ1v) is 8.60. The highest BCUT2D eigenvalue weighted by Crippen LogP contribution is 2.31. The molecule has 1 aromatic heterocycles. The van der Waals surface area contributed by atoms with Gasteiger partial charge in [0.1, 0.15) is 0 Å². The molecule has 2 heterocycles. The molecular formula is C16H21N3O3S. The Bertz CT molecular complexity index is 680. The number of fused-ring (bicyclic) bond motifs is 1. The van der Waals surface area contributed by atoms with Crippen molar-refractivity contribution < 1.29 is 14.3 Å². The topological polar surface area (TPSA) is 63.7 Å². The number of nitrogens with zero attached hydrogens (tertiary/aromatic N) is 2. The Kier molecular flexibility index (Phi) is 4.97. The fourth-order valence-electron chi connectivity index (χ4n) is 2.28. The summed E-state index contributed by atoms with van der Waals surface area (Å²) in [6, 6.07) is 5.71. The van der Waals surface area contributed by atoms with Gasteiger partial charge >= 0.3 is 6.09 Å². The molecule has 6 nitrogen and oxygen atoms in total. The summed E-state index contributed by atoms with van der Waals surface area (Å²) in [7, 11) is 0. The van der Waals surface area contributed by atoms with Crippen LogP contribution in [0.25, 0.3) is 10.2 Å². The van der Waals surface area contributed by atoms with Gasteiger partial charge in [0.15, 0.2) is 5.13 Å². The molecule has 0 bridgehead atoms. The smallest absolute Gasteiger partial charge is 0.411 e. The number of ether oxygens (including phenoxy) is 2. The Morgan fingerprint density at radius 2 is 2.22 bits per heavy atom. The fourth-order valence-corrected chi connectivity index (χ4v) is 3.33. The number of morpholine rings is 1. The summed E-state index contributed by atoms with van der Waals surface area (Å²) in [5.41, 5.74) is 1.67. The zero-order valence-electron chi connectivity index (χ0n) is 13.4. The molecule has 1 amide bonds. The van der Waals surface area contributed by atoms with Gasteiger partial charge in [-0.3, -0.25) is 5.32 Å². The van der Waals surface area contributed by atoms with E-state index in [1.165, 1.54) is 0 Å². The number of aromatic nitrogens is 1. The van der Waals surface area contributed by atoms with E-state index in [0.717, 1.165) is 47.3 Å². The Morgan fingerprint density at radius 1 is 1.43 bits per heavy atom. The molecular weight excluding hydrogens is 314 g/mol. The summed E-state index contributed by atoms with van der Waals surface area (Å²) in [5, 5.41) is 3.76. The zero-order chi connectivity index (χ0) is 16.2. The molecule has 0 atom stereocenters. The first kappa shape index (κ1) is 16.0. The first-order chi connectivity index (χ1) is 11.1. The van der Waals surface area contributed by atoms with Crippen LogP contribution >= 0.6 is 11.3 Å².